The van der Waals surface area contributed by atoms with Crippen LogP contribution in [0.3, 0.4) is 0 Å². The molecule has 0 bridgehead atoms. The highest BCUT2D eigenvalue weighted by Crippen LogP contribution is 2.34. The van der Waals surface area contributed by atoms with Crippen molar-refractivity contribution in [3.63, 3.8) is 0 Å². The molecule has 0 saturated heterocycles. The Hall–Kier alpha value is -0.150. The third-order valence-corrected chi connectivity index (χ3v) is 4.81. The van der Waals surface area contributed by atoms with Gasteiger partial charge >= 0.3 is 0 Å². The lowest BCUT2D eigenvalue weighted by molar-refractivity contribution is 0.143. The fraction of sp³-hybridized carbons (Fsp3) is 0.625. The molecule has 0 spiro atoms. The number of hydrogen-bond acceptors (Lipinski definition) is 2. The van der Waals surface area contributed by atoms with Crippen LogP contribution in [0.25, 0.3) is 0 Å². The summed E-state index contributed by atoms with van der Waals surface area (Å²) in [6.07, 6.45) is 4.71. The summed E-state index contributed by atoms with van der Waals surface area (Å²) < 4.78 is 7.09. The van der Waals surface area contributed by atoms with Crippen molar-refractivity contribution >= 4 is 28.6 Å². The highest BCUT2D eigenvalue weighted by atomic mass is 79.9. The van der Waals surface area contributed by atoms with E-state index in [9.17, 15) is 0 Å². The number of aryl methyl sites for hydroxylation is 1. The predicted octanol–water partition coefficient (Wildman–Crippen LogP) is 5.65. The smallest absolute Gasteiger partial charge is 0.133 e. The molecular weight excluding hydrogens is 320 g/mol. The average Bonchev–Trinajstić information content (AvgIpc) is 2.38. The highest BCUT2D eigenvalue weighted by molar-refractivity contribution is 9.10. The molecule has 1 aromatic rings. The molecule has 0 saturated carbocycles. The van der Waals surface area contributed by atoms with Crippen molar-refractivity contribution in [1.82, 2.24) is 0 Å². The van der Waals surface area contributed by atoms with E-state index in [-0.39, 0.29) is 5.41 Å². The highest BCUT2D eigenvalue weighted by Gasteiger charge is 2.28. The van der Waals surface area contributed by atoms with Gasteiger partial charge in [0.1, 0.15) is 5.75 Å². The fourth-order valence-corrected chi connectivity index (χ4v) is 3.50. The third-order valence-electron chi connectivity index (χ3n) is 3.52. The van der Waals surface area contributed by atoms with Crippen LogP contribution < -0.4 is 4.74 Å². The minimum atomic E-state index is 0.205. The minimum Gasteiger partial charge on any atom is -0.492 e. The van der Waals surface area contributed by atoms with Crippen molar-refractivity contribution in [2.75, 3.05) is 12.4 Å². The summed E-state index contributed by atoms with van der Waals surface area (Å²) in [4.78, 5) is 0. The lowest BCUT2D eigenvalue weighted by atomic mass is 9.82. The summed E-state index contributed by atoms with van der Waals surface area (Å²) in [5.74, 6) is 1.82. The van der Waals surface area contributed by atoms with Crippen LogP contribution in [-0.4, -0.2) is 12.4 Å². The van der Waals surface area contributed by atoms with Gasteiger partial charge in [0.2, 0.25) is 0 Å². The van der Waals surface area contributed by atoms with Gasteiger partial charge < -0.3 is 4.74 Å². The predicted molar refractivity (Wildman–Crippen MR) is 90.5 cm³/mol. The number of ether oxygens (including phenoxy) is 1. The van der Waals surface area contributed by atoms with E-state index in [1.54, 1.807) is 0 Å². The maximum atomic E-state index is 6.06. The molecular formula is C16H25BrOS. The molecule has 0 amide bonds. The minimum absolute atomic E-state index is 0.205. The van der Waals surface area contributed by atoms with Crippen molar-refractivity contribution in [2.24, 2.45) is 5.41 Å². The Labute approximate surface area is 131 Å². The van der Waals surface area contributed by atoms with E-state index in [1.807, 2.05) is 6.07 Å². The molecule has 0 N–H and O–H groups in total. The average molecular weight is 345 g/mol. The third kappa shape index (κ3) is 5.03. The van der Waals surface area contributed by atoms with Gasteiger partial charge in [0, 0.05) is 5.41 Å². The first-order chi connectivity index (χ1) is 9.06. The van der Waals surface area contributed by atoms with Crippen LogP contribution in [0, 0.1) is 12.3 Å². The van der Waals surface area contributed by atoms with E-state index < -0.39 is 0 Å². The molecule has 108 valence electrons. The van der Waals surface area contributed by atoms with Crippen LogP contribution in [0.1, 0.15) is 45.1 Å². The zero-order valence-corrected chi connectivity index (χ0v) is 14.7. The zero-order chi connectivity index (χ0) is 14.3. The van der Waals surface area contributed by atoms with Gasteiger partial charge in [-0.05, 0) is 59.1 Å². The molecule has 1 aromatic carbocycles. The van der Waals surface area contributed by atoms with Gasteiger partial charge in [0.25, 0.3) is 0 Å². The van der Waals surface area contributed by atoms with Crippen LogP contribution in [0.5, 0.6) is 5.75 Å². The van der Waals surface area contributed by atoms with Crippen molar-refractivity contribution in [2.45, 2.75) is 46.5 Å². The Kier molecular flexibility index (Phi) is 7.30. The molecule has 0 aliphatic rings. The Bertz CT molecular complexity index is 386. The molecule has 0 atom stereocenters. The monoisotopic (exact) mass is 344 g/mol. The largest absolute Gasteiger partial charge is 0.492 e. The Morgan fingerprint density at radius 1 is 1.21 bits per heavy atom. The Balaban J connectivity index is 2.74. The van der Waals surface area contributed by atoms with Gasteiger partial charge in [-0.2, -0.15) is 12.6 Å². The first-order valence-corrected chi connectivity index (χ1v) is 8.49. The molecule has 19 heavy (non-hydrogen) atoms. The van der Waals surface area contributed by atoms with Crippen molar-refractivity contribution < 1.29 is 4.74 Å². The van der Waals surface area contributed by atoms with Crippen LogP contribution >= 0.6 is 28.6 Å². The van der Waals surface area contributed by atoms with Crippen molar-refractivity contribution in [3.05, 3.63) is 28.2 Å². The maximum Gasteiger partial charge on any atom is 0.133 e. The molecule has 1 rings (SSSR count). The normalized spacial score (nSPS) is 11.6. The maximum absolute atomic E-state index is 6.06. The second kappa shape index (κ2) is 8.21. The summed E-state index contributed by atoms with van der Waals surface area (Å²) in [5, 5.41) is 0. The standard InChI is InChI=1S/C16H25BrOS/c1-4-8-16(12-19,9-5-2)11-18-15-7-6-13(3)10-14(15)17/h6-7,10,19H,4-5,8-9,11-12H2,1-3H3. The van der Waals surface area contributed by atoms with Gasteiger partial charge in [-0.3, -0.25) is 0 Å². The number of benzene rings is 1. The SMILES string of the molecule is CCCC(CS)(CCC)COc1ccc(C)cc1Br. The first-order valence-electron chi connectivity index (χ1n) is 7.06. The van der Waals surface area contributed by atoms with Gasteiger partial charge in [-0.15, -0.1) is 0 Å². The Morgan fingerprint density at radius 3 is 2.32 bits per heavy atom. The van der Waals surface area contributed by atoms with Gasteiger partial charge in [0.05, 0.1) is 11.1 Å². The van der Waals surface area contributed by atoms with Gasteiger partial charge in [-0.1, -0.05) is 32.8 Å². The molecule has 0 fully saturated rings. The molecule has 0 aromatic heterocycles. The Morgan fingerprint density at radius 2 is 1.84 bits per heavy atom. The number of hydrogen-bond donors (Lipinski definition) is 1. The molecule has 0 unspecified atom stereocenters. The van der Waals surface area contributed by atoms with E-state index in [1.165, 1.54) is 31.2 Å². The summed E-state index contributed by atoms with van der Waals surface area (Å²) in [6, 6.07) is 6.22. The van der Waals surface area contributed by atoms with E-state index in [0.29, 0.717) is 0 Å². The van der Waals surface area contributed by atoms with Crippen LogP contribution in [-0.2, 0) is 0 Å². The topological polar surface area (TPSA) is 9.23 Å². The van der Waals surface area contributed by atoms with Crippen LogP contribution in [0.15, 0.2) is 22.7 Å². The molecule has 0 heterocycles. The number of halogens is 1. The van der Waals surface area contributed by atoms with Crippen molar-refractivity contribution in [1.29, 1.82) is 0 Å². The summed E-state index contributed by atoms with van der Waals surface area (Å²) in [7, 11) is 0. The second-order valence-corrected chi connectivity index (χ2v) is 6.55. The van der Waals surface area contributed by atoms with Crippen molar-refractivity contribution in [3.8, 4) is 5.75 Å². The zero-order valence-electron chi connectivity index (χ0n) is 12.2. The van der Waals surface area contributed by atoms with E-state index in [2.05, 4.69) is 61.5 Å². The molecule has 3 heteroatoms. The molecule has 1 nitrogen and oxygen atoms in total. The molecule has 0 radical (unpaired) electrons. The van der Waals surface area contributed by atoms with Gasteiger partial charge in [0.15, 0.2) is 0 Å². The number of rotatable bonds is 8. The van der Waals surface area contributed by atoms with Gasteiger partial charge in [-0.25, -0.2) is 0 Å². The van der Waals surface area contributed by atoms with E-state index in [4.69, 9.17) is 4.74 Å². The van der Waals surface area contributed by atoms with Crippen LogP contribution in [0.4, 0.5) is 0 Å². The summed E-state index contributed by atoms with van der Waals surface area (Å²) in [5.41, 5.74) is 1.44. The summed E-state index contributed by atoms with van der Waals surface area (Å²) >= 11 is 8.14. The van der Waals surface area contributed by atoms with Crippen LogP contribution in [0.2, 0.25) is 0 Å². The molecule has 0 aliphatic heterocycles. The number of thiol groups is 1. The molecule has 0 aliphatic carbocycles. The quantitative estimate of drug-likeness (QED) is 0.599. The summed E-state index contributed by atoms with van der Waals surface area (Å²) in [6.45, 7) is 7.30. The lowest BCUT2D eigenvalue weighted by Crippen LogP contribution is -2.30. The first kappa shape index (κ1) is 16.9. The lowest BCUT2D eigenvalue weighted by Gasteiger charge is -2.32. The second-order valence-electron chi connectivity index (χ2n) is 5.38. The van der Waals surface area contributed by atoms with E-state index in [0.717, 1.165) is 22.6 Å². The van der Waals surface area contributed by atoms with E-state index >= 15 is 0 Å². The fourth-order valence-electron chi connectivity index (χ4n) is 2.49.